The number of nitrogens with two attached hydrogens (primary N) is 1. The van der Waals surface area contributed by atoms with Crippen molar-refractivity contribution in [3.05, 3.63) is 0 Å². The summed E-state index contributed by atoms with van der Waals surface area (Å²) in [6.07, 6.45) is 19.6. The maximum atomic E-state index is 5.47. The molecule has 0 unspecified atom stereocenters. The Morgan fingerprint density at radius 3 is 1.00 bits per heavy atom. The van der Waals surface area contributed by atoms with E-state index < -0.39 is 0 Å². The highest BCUT2D eigenvalue weighted by Gasteiger charge is 1.93. The van der Waals surface area contributed by atoms with Gasteiger partial charge in [-0.15, -0.1) is 0 Å². The van der Waals surface area contributed by atoms with Crippen molar-refractivity contribution in [1.29, 1.82) is 0 Å². The summed E-state index contributed by atoms with van der Waals surface area (Å²) in [5.74, 6) is 1.06. The summed E-state index contributed by atoms with van der Waals surface area (Å²) in [6, 6.07) is 0. The van der Waals surface area contributed by atoms with E-state index in [0.29, 0.717) is 0 Å². The lowest BCUT2D eigenvalue weighted by molar-refractivity contribution is 0.537. The zero-order valence-electron chi connectivity index (χ0n) is 12.3. The lowest BCUT2D eigenvalue weighted by atomic mass is 10.0. The zero-order chi connectivity index (χ0) is 13.3. The average molecular weight is 274 g/mol. The van der Waals surface area contributed by atoms with Crippen LogP contribution in [0.3, 0.4) is 0 Å². The van der Waals surface area contributed by atoms with Crippen LogP contribution in [0.5, 0.6) is 0 Å². The summed E-state index contributed by atoms with van der Waals surface area (Å²) >= 11 is 4.23. The van der Waals surface area contributed by atoms with E-state index in [-0.39, 0.29) is 0 Å². The van der Waals surface area contributed by atoms with Crippen molar-refractivity contribution in [2.24, 2.45) is 5.73 Å². The number of rotatable bonds is 15. The molecule has 0 aromatic heterocycles. The Morgan fingerprint density at radius 1 is 0.444 bits per heavy atom. The van der Waals surface area contributed by atoms with E-state index in [4.69, 9.17) is 5.73 Å². The molecule has 0 rings (SSSR count). The SMILES string of the molecule is NCCCCCCCCCCCCCCCCS. The molecule has 0 aromatic carbocycles. The summed E-state index contributed by atoms with van der Waals surface area (Å²) in [7, 11) is 0. The summed E-state index contributed by atoms with van der Waals surface area (Å²) in [4.78, 5) is 0. The van der Waals surface area contributed by atoms with Gasteiger partial charge in [0.25, 0.3) is 0 Å². The van der Waals surface area contributed by atoms with Crippen LogP contribution in [0.15, 0.2) is 0 Å². The zero-order valence-corrected chi connectivity index (χ0v) is 13.2. The van der Waals surface area contributed by atoms with Gasteiger partial charge in [0, 0.05) is 0 Å². The predicted molar refractivity (Wildman–Crippen MR) is 87.5 cm³/mol. The van der Waals surface area contributed by atoms with Gasteiger partial charge in [-0.05, 0) is 25.1 Å². The number of unbranched alkanes of at least 4 members (excludes halogenated alkanes) is 13. The van der Waals surface area contributed by atoms with Crippen molar-refractivity contribution in [1.82, 2.24) is 0 Å². The number of hydrogen-bond donors (Lipinski definition) is 2. The van der Waals surface area contributed by atoms with Gasteiger partial charge in [0.15, 0.2) is 0 Å². The smallest absolute Gasteiger partial charge is 0.00773 e. The molecule has 0 aliphatic rings. The molecular weight excluding hydrogens is 238 g/mol. The molecule has 0 saturated carbocycles. The third kappa shape index (κ3) is 16.3. The van der Waals surface area contributed by atoms with Gasteiger partial charge in [-0.3, -0.25) is 0 Å². The Labute approximate surface area is 121 Å². The molecule has 0 aromatic rings. The first-order chi connectivity index (χ1) is 8.91. The highest BCUT2D eigenvalue weighted by atomic mass is 32.1. The molecule has 0 heterocycles. The monoisotopic (exact) mass is 273 g/mol. The van der Waals surface area contributed by atoms with E-state index in [1.807, 2.05) is 0 Å². The Morgan fingerprint density at radius 2 is 0.722 bits per heavy atom. The molecule has 0 bridgehead atoms. The molecule has 110 valence electrons. The van der Waals surface area contributed by atoms with Crippen LogP contribution < -0.4 is 5.73 Å². The molecule has 2 N–H and O–H groups in total. The van der Waals surface area contributed by atoms with Crippen molar-refractivity contribution in [3.8, 4) is 0 Å². The van der Waals surface area contributed by atoms with Crippen molar-refractivity contribution in [2.75, 3.05) is 12.3 Å². The third-order valence-corrected chi connectivity index (χ3v) is 3.93. The first-order valence-corrected chi connectivity index (χ1v) is 8.86. The van der Waals surface area contributed by atoms with Gasteiger partial charge in [-0.25, -0.2) is 0 Å². The highest BCUT2D eigenvalue weighted by Crippen LogP contribution is 2.12. The molecule has 0 fully saturated rings. The average Bonchev–Trinajstić information content (AvgIpc) is 2.39. The van der Waals surface area contributed by atoms with Crippen LogP contribution in [-0.2, 0) is 0 Å². The van der Waals surface area contributed by atoms with Crippen LogP contribution >= 0.6 is 12.6 Å². The third-order valence-electron chi connectivity index (χ3n) is 3.61. The Bertz CT molecular complexity index is 123. The van der Waals surface area contributed by atoms with E-state index in [1.165, 1.54) is 89.9 Å². The van der Waals surface area contributed by atoms with Crippen LogP contribution in [0.1, 0.15) is 89.9 Å². The van der Waals surface area contributed by atoms with Gasteiger partial charge in [0.2, 0.25) is 0 Å². The summed E-state index contributed by atoms with van der Waals surface area (Å²) in [6.45, 7) is 0.869. The molecule has 0 radical (unpaired) electrons. The van der Waals surface area contributed by atoms with E-state index in [0.717, 1.165) is 12.3 Å². The lowest BCUT2D eigenvalue weighted by Crippen LogP contribution is -1.97. The molecule has 0 atom stereocenters. The summed E-state index contributed by atoms with van der Waals surface area (Å²) < 4.78 is 0. The second-order valence-corrected chi connectivity index (χ2v) is 5.91. The lowest BCUT2D eigenvalue weighted by Gasteiger charge is -2.02. The molecule has 18 heavy (non-hydrogen) atoms. The largest absolute Gasteiger partial charge is 0.330 e. The normalized spacial score (nSPS) is 11.0. The van der Waals surface area contributed by atoms with Crippen LogP contribution in [0, 0.1) is 0 Å². The maximum absolute atomic E-state index is 5.47. The van der Waals surface area contributed by atoms with Gasteiger partial charge in [0.05, 0.1) is 0 Å². The molecule has 0 spiro atoms. The van der Waals surface area contributed by atoms with Crippen molar-refractivity contribution in [3.63, 3.8) is 0 Å². The van der Waals surface area contributed by atoms with Gasteiger partial charge in [-0.1, -0.05) is 77.0 Å². The summed E-state index contributed by atoms with van der Waals surface area (Å²) in [5.41, 5.74) is 5.47. The fourth-order valence-corrected chi connectivity index (χ4v) is 2.60. The Balaban J connectivity index is 2.86. The van der Waals surface area contributed by atoms with Crippen molar-refractivity contribution < 1.29 is 0 Å². The second-order valence-electron chi connectivity index (χ2n) is 5.46. The van der Waals surface area contributed by atoms with Crippen LogP contribution in [0.4, 0.5) is 0 Å². The Hall–Kier alpha value is 0.310. The van der Waals surface area contributed by atoms with Gasteiger partial charge in [-0.2, -0.15) is 12.6 Å². The fourth-order valence-electron chi connectivity index (χ4n) is 2.38. The fraction of sp³-hybridized carbons (Fsp3) is 1.00. The van der Waals surface area contributed by atoms with Crippen LogP contribution in [0.25, 0.3) is 0 Å². The predicted octanol–water partition coefficient (Wildman–Crippen LogP) is 5.34. The van der Waals surface area contributed by atoms with Gasteiger partial charge in [0.1, 0.15) is 0 Å². The molecule has 2 heteroatoms. The highest BCUT2D eigenvalue weighted by molar-refractivity contribution is 7.80. The van der Waals surface area contributed by atoms with Gasteiger partial charge >= 0.3 is 0 Å². The first kappa shape index (κ1) is 18.3. The number of thiol groups is 1. The topological polar surface area (TPSA) is 26.0 Å². The van der Waals surface area contributed by atoms with E-state index in [2.05, 4.69) is 12.6 Å². The Kier molecular flexibility index (Phi) is 17.6. The van der Waals surface area contributed by atoms with E-state index in [1.54, 1.807) is 0 Å². The van der Waals surface area contributed by atoms with Crippen LogP contribution in [-0.4, -0.2) is 12.3 Å². The maximum Gasteiger partial charge on any atom is -0.00773 e. The second kappa shape index (κ2) is 17.3. The molecule has 0 aliphatic heterocycles. The minimum Gasteiger partial charge on any atom is -0.330 e. The molecule has 1 nitrogen and oxygen atoms in total. The van der Waals surface area contributed by atoms with Gasteiger partial charge < -0.3 is 5.73 Å². The quantitative estimate of drug-likeness (QED) is 0.306. The van der Waals surface area contributed by atoms with Crippen LogP contribution in [0.2, 0.25) is 0 Å². The molecular formula is C16H35NS. The molecule has 0 amide bonds. The molecule has 0 saturated heterocycles. The summed E-state index contributed by atoms with van der Waals surface area (Å²) in [5, 5.41) is 0. The minimum atomic E-state index is 0.869. The molecule has 0 aliphatic carbocycles. The van der Waals surface area contributed by atoms with Crippen molar-refractivity contribution >= 4 is 12.6 Å². The van der Waals surface area contributed by atoms with E-state index >= 15 is 0 Å². The minimum absolute atomic E-state index is 0.869. The standard InChI is InChI=1S/C16H35NS/c17-15-13-11-9-7-5-3-1-2-4-6-8-10-12-14-16-18/h18H,1-17H2. The first-order valence-electron chi connectivity index (χ1n) is 8.22. The van der Waals surface area contributed by atoms with E-state index in [9.17, 15) is 0 Å². The number of hydrogen-bond acceptors (Lipinski definition) is 2. The van der Waals surface area contributed by atoms with Crippen molar-refractivity contribution in [2.45, 2.75) is 89.9 Å².